The van der Waals surface area contributed by atoms with E-state index in [0.717, 1.165) is 10.0 Å². The number of nitrogens with two attached hydrogens (primary N) is 2. The molecule has 100 valence electrons. The summed E-state index contributed by atoms with van der Waals surface area (Å²) in [7, 11) is 1.60. The number of halogens is 1. The van der Waals surface area contributed by atoms with Crippen LogP contribution in [0.1, 0.15) is 31.9 Å². The highest BCUT2D eigenvalue weighted by molar-refractivity contribution is 9.10. The summed E-state index contributed by atoms with van der Waals surface area (Å²) in [5.74, 6) is 0.359. The lowest BCUT2D eigenvalue weighted by molar-refractivity contribution is -0.126. The number of carbonyl (C=O) groups excluding carboxylic acids is 1. The molecule has 0 heterocycles. The molecule has 4 N–H and O–H groups in total. The Morgan fingerprint density at radius 2 is 2.11 bits per heavy atom. The van der Waals surface area contributed by atoms with Gasteiger partial charge in [0.1, 0.15) is 5.75 Å². The van der Waals surface area contributed by atoms with Crippen LogP contribution in [0.15, 0.2) is 22.7 Å². The lowest BCUT2D eigenvalue weighted by atomic mass is 9.83. The molecule has 0 radical (unpaired) electrons. The van der Waals surface area contributed by atoms with Crippen LogP contribution in [0.25, 0.3) is 0 Å². The summed E-state index contributed by atoms with van der Waals surface area (Å²) >= 11 is 3.40. The lowest BCUT2D eigenvalue weighted by Gasteiger charge is -2.25. The molecule has 0 saturated carbocycles. The van der Waals surface area contributed by atoms with E-state index < -0.39 is 5.41 Å². The van der Waals surface area contributed by atoms with Gasteiger partial charge in [0.25, 0.3) is 0 Å². The monoisotopic (exact) mass is 314 g/mol. The first kappa shape index (κ1) is 15.0. The summed E-state index contributed by atoms with van der Waals surface area (Å²) in [6, 6.07) is 5.32. The van der Waals surface area contributed by atoms with E-state index in [1.807, 2.05) is 18.2 Å². The number of hydrogen-bond acceptors (Lipinski definition) is 3. The highest BCUT2D eigenvalue weighted by Crippen LogP contribution is 2.34. The van der Waals surface area contributed by atoms with E-state index in [1.54, 1.807) is 21.0 Å². The number of methoxy groups -OCH3 is 1. The molecule has 0 saturated heterocycles. The van der Waals surface area contributed by atoms with E-state index in [2.05, 4.69) is 15.9 Å². The lowest BCUT2D eigenvalue weighted by Crippen LogP contribution is -2.34. The SMILES string of the molecule is COc1ccc(Br)cc1C(N)CC(C)(C)C(N)=O. The number of hydrogen-bond donors (Lipinski definition) is 2. The van der Waals surface area contributed by atoms with Crippen molar-refractivity contribution in [3.05, 3.63) is 28.2 Å². The molecule has 1 aromatic carbocycles. The predicted molar refractivity (Wildman–Crippen MR) is 75.2 cm³/mol. The van der Waals surface area contributed by atoms with Gasteiger partial charge >= 0.3 is 0 Å². The molecular weight excluding hydrogens is 296 g/mol. The van der Waals surface area contributed by atoms with Crippen molar-refractivity contribution in [2.75, 3.05) is 7.11 Å². The second-order valence-electron chi connectivity index (χ2n) is 4.95. The van der Waals surface area contributed by atoms with Gasteiger partial charge in [-0.2, -0.15) is 0 Å². The van der Waals surface area contributed by atoms with Gasteiger partial charge in [-0.05, 0) is 24.6 Å². The maximum absolute atomic E-state index is 11.3. The van der Waals surface area contributed by atoms with Crippen molar-refractivity contribution >= 4 is 21.8 Å². The Kier molecular flexibility index (Phi) is 4.76. The van der Waals surface area contributed by atoms with Crippen LogP contribution in [0.5, 0.6) is 5.75 Å². The van der Waals surface area contributed by atoms with Crippen molar-refractivity contribution in [1.82, 2.24) is 0 Å². The van der Waals surface area contributed by atoms with Gasteiger partial charge in [0.2, 0.25) is 5.91 Å². The molecule has 0 aromatic heterocycles. The van der Waals surface area contributed by atoms with Crippen LogP contribution in [0, 0.1) is 5.41 Å². The molecule has 0 aliphatic carbocycles. The van der Waals surface area contributed by atoms with E-state index in [4.69, 9.17) is 16.2 Å². The second kappa shape index (κ2) is 5.71. The van der Waals surface area contributed by atoms with Crippen LogP contribution in [0.2, 0.25) is 0 Å². The van der Waals surface area contributed by atoms with Crippen LogP contribution in [0.4, 0.5) is 0 Å². The van der Waals surface area contributed by atoms with Gasteiger partial charge in [-0.1, -0.05) is 29.8 Å². The van der Waals surface area contributed by atoms with E-state index in [-0.39, 0.29) is 11.9 Å². The normalized spacial score (nSPS) is 13.2. The first-order chi connectivity index (χ1) is 8.27. The van der Waals surface area contributed by atoms with Crippen molar-refractivity contribution < 1.29 is 9.53 Å². The van der Waals surface area contributed by atoms with Crippen molar-refractivity contribution in [1.29, 1.82) is 0 Å². The van der Waals surface area contributed by atoms with Crippen LogP contribution in [0.3, 0.4) is 0 Å². The molecule has 1 amide bonds. The Hall–Kier alpha value is -1.07. The zero-order valence-electron chi connectivity index (χ0n) is 10.9. The van der Waals surface area contributed by atoms with E-state index in [9.17, 15) is 4.79 Å². The number of rotatable bonds is 5. The van der Waals surface area contributed by atoms with Gasteiger partial charge in [-0.3, -0.25) is 4.79 Å². The number of primary amides is 1. The predicted octanol–water partition coefficient (Wildman–Crippen LogP) is 2.36. The van der Waals surface area contributed by atoms with Crippen LogP contribution in [-0.4, -0.2) is 13.0 Å². The first-order valence-corrected chi connectivity index (χ1v) is 6.46. The van der Waals surface area contributed by atoms with Crippen molar-refractivity contribution in [3.8, 4) is 5.75 Å². The molecule has 0 bridgehead atoms. The Labute approximate surface area is 116 Å². The van der Waals surface area contributed by atoms with Crippen LogP contribution in [-0.2, 0) is 4.79 Å². The minimum absolute atomic E-state index is 0.306. The molecule has 1 aromatic rings. The first-order valence-electron chi connectivity index (χ1n) is 5.67. The maximum atomic E-state index is 11.3. The summed E-state index contributed by atoms with van der Waals surface area (Å²) in [6.45, 7) is 3.58. The fraction of sp³-hybridized carbons (Fsp3) is 0.462. The summed E-state index contributed by atoms with van der Waals surface area (Å²) in [6.07, 6.45) is 0.467. The van der Waals surface area contributed by atoms with Gasteiger partial charge in [0, 0.05) is 21.5 Å². The summed E-state index contributed by atoms with van der Waals surface area (Å²) in [5, 5.41) is 0. The fourth-order valence-corrected chi connectivity index (χ4v) is 2.13. The fourth-order valence-electron chi connectivity index (χ4n) is 1.76. The highest BCUT2D eigenvalue weighted by atomic mass is 79.9. The summed E-state index contributed by atoms with van der Waals surface area (Å²) in [4.78, 5) is 11.3. The van der Waals surface area contributed by atoms with Crippen molar-refractivity contribution in [3.63, 3.8) is 0 Å². The molecule has 1 rings (SSSR count). The molecule has 0 fully saturated rings. The van der Waals surface area contributed by atoms with Crippen LogP contribution >= 0.6 is 15.9 Å². The molecule has 1 atom stereocenters. The van der Waals surface area contributed by atoms with Gasteiger partial charge in [0.15, 0.2) is 0 Å². The second-order valence-corrected chi connectivity index (χ2v) is 5.86. The van der Waals surface area contributed by atoms with Crippen molar-refractivity contribution in [2.24, 2.45) is 16.9 Å². The van der Waals surface area contributed by atoms with E-state index >= 15 is 0 Å². The molecule has 18 heavy (non-hydrogen) atoms. The van der Waals surface area contributed by atoms with Crippen molar-refractivity contribution in [2.45, 2.75) is 26.3 Å². The number of ether oxygens (including phenoxy) is 1. The largest absolute Gasteiger partial charge is 0.496 e. The maximum Gasteiger partial charge on any atom is 0.223 e. The Morgan fingerprint density at radius 3 is 2.61 bits per heavy atom. The van der Waals surface area contributed by atoms with E-state index in [0.29, 0.717) is 12.2 Å². The third-order valence-electron chi connectivity index (χ3n) is 2.99. The average Bonchev–Trinajstić information content (AvgIpc) is 2.28. The topological polar surface area (TPSA) is 78.3 Å². The van der Waals surface area contributed by atoms with Gasteiger partial charge in [0.05, 0.1) is 7.11 Å². The number of amides is 1. The van der Waals surface area contributed by atoms with Gasteiger partial charge in [-0.15, -0.1) is 0 Å². The van der Waals surface area contributed by atoms with Crippen LogP contribution < -0.4 is 16.2 Å². The molecule has 0 aliphatic rings. The van der Waals surface area contributed by atoms with E-state index in [1.165, 1.54) is 0 Å². The molecule has 1 unspecified atom stereocenters. The minimum Gasteiger partial charge on any atom is -0.496 e. The Bertz CT molecular complexity index is 447. The van der Waals surface area contributed by atoms with Gasteiger partial charge < -0.3 is 16.2 Å². The molecule has 5 heteroatoms. The summed E-state index contributed by atoms with van der Waals surface area (Å²) in [5.41, 5.74) is 11.7. The van der Waals surface area contributed by atoms with Gasteiger partial charge in [-0.25, -0.2) is 0 Å². The molecule has 0 spiro atoms. The third-order valence-corrected chi connectivity index (χ3v) is 3.48. The highest BCUT2D eigenvalue weighted by Gasteiger charge is 2.29. The molecule has 4 nitrogen and oxygen atoms in total. The average molecular weight is 315 g/mol. The smallest absolute Gasteiger partial charge is 0.223 e. The quantitative estimate of drug-likeness (QED) is 0.875. The Balaban J connectivity index is 3.00. The molecule has 0 aliphatic heterocycles. The molecular formula is C13H19BrN2O2. The third kappa shape index (κ3) is 3.46. The zero-order valence-corrected chi connectivity index (χ0v) is 12.5. The minimum atomic E-state index is -0.646. The zero-order chi connectivity index (χ0) is 13.9. The Morgan fingerprint density at radius 1 is 1.50 bits per heavy atom. The number of benzene rings is 1. The standard InChI is InChI=1S/C13H19BrN2O2/c1-13(2,12(16)17)7-10(15)9-6-8(14)4-5-11(9)18-3/h4-6,10H,7,15H2,1-3H3,(H2,16,17). The number of carbonyl (C=O) groups is 1. The summed E-state index contributed by atoms with van der Waals surface area (Å²) < 4.78 is 6.20.